The first-order chi connectivity index (χ1) is 9.73. The molecule has 0 fully saturated rings. The summed E-state index contributed by atoms with van der Waals surface area (Å²) in [4.78, 5) is 14.3. The van der Waals surface area contributed by atoms with Crippen LogP contribution in [0.5, 0.6) is 5.75 Å². The zero-order valence-electron chi connectivity index (χ0n) is 13.2. The highest BCUT2D eigenvalue weighted by Gasteiger charge is 2.34. The average Bonchev–Trinajstić information content (AvgIpc) is 2.35. The highest BCUT2D eigenvalue weighted by atomic mass is 79.9. The number of hydrogen-bond acceptors (Lipinski definition) is 3. The van der Waals surface area contributed by atoms with E-state index in [0.717, 1.165) is 28.6 Å². The third kappa shape index (κ3) is 3.51. The van der Waals surface area contributed by atoms with Crippen molar-refractivity contribution in [1.82, 2.24) is 0 Å². The van der Waals surface area contributed by atoms with Crippen molar-refractivity contribution >= 4 is 27.7 Å². The number of aryl methyl sites for hydroxylation is 1. The van der Waals surface area contributed by atoms with Crippen LogP contribution in [0.3, 0.4) is 0 Å². The van der Waals surface area contributed by atoms with E-state index in [2.05, 4.69) is 15.9 Å². The third-order valence-corrected chi connectivity index (χ3v) is 3.90. The quantitative estimate of drug-likeness (QED) is 0.742. The smallest absolute Gasteiger partial charge is 0.415 e. The van der Waals surface area contributed by atoms with Crippen molar-refractivity contribution < 1.29 is 14.3 Å². The van der Waals surface area contributed by atoms with Gasteiger partial charge >= 0.3 is 6.09 Å². The van der Waals surface area contributed by atoms with Crippen molar-refractivity contribution in [3.05, 3.63) is 22.2 Å². The summed E-state index contributed by atoms with van der Waals surface area (Å²) < 4.78 is 12.0. The molecule has 2 rings (SSSR count). The average molecular weight is 356 g/mol. The van der Waals surface area contributed by atoms with E-state index in [0.29, 0.717) is 5.75 Å². The normalized spacial score (nSPS) is 18.2. The monoisotopic (exact) mass is 355 g/mol. The lowest BCUT2D eigenvalue weighted by Gasteiger charge is -2.37. The molecule has 0 aromatic heterocycles. The topological polar surface area (TPSA) is 38.8 Å². The molecular weight excluding hydrogens is 334 g/mol. The Hall–Kier alpha value is -1.23. The van der Waals surface area contributed by atoms with E-state index in [1.807, 2.05) is 39.8 Å². The summed E-state index contributed by atoms with van der Waals surface area (Å²) in [5.41, 5.74) is 1.41. The molecule has 0 aliphatic carbocycles. The third-order valence-electron chi connectivity index (χ3n) is 3.44. The van der Waals surface area contributed by atoms with Crippen molar-refractivity contribution in [2.24, 2.45) is 0 Å². The Morgan fingerprint density at radius 2 is 2.05 bits per heavy atom. The minimum Gasteiger partial charge on any atom is -0.495 e. The first-order valence-corrected chi connectivity index (χ1v) is 7.91. The first-order valence-electron chi connectivity index (χ1n) is 7.11. The van der Waals surface area contributed by atoms with Gasteiger partial charge in [0.25, 0.3) is 0 Å². The molecule has 0 saturated heterocycles. The molecule has 1 aromatic carbocycles. The van der Waals surface area contributed by atoms with Gasteiger partial charge in [-0.05, 0) is 58.2 Å². The molecule has 0 bridgehead atoms. The summed E-state index contributed by atoms with van der Waals surface area (Å²) in [7, 11) is 1.62. The van der Waals surface area contributed by atoms with Crippen LogP contribution in [0.1, 0.15) is 39.7 Å². The summed E-state index contributed by atoms with van der Waals surface area (Å²) in [5, 5.41) is 0. The molecule has 0 saturated carbocycles. The number of amides is 1. The molecular formula is C16H22BrNO3. The van der Waals surface area contributed by atoms with Gasteiger partial charge in [0.1, 0.15) is 11.4 Å². The Labute approximate surface area is 134 Å². The molecule has 1 atom stereocenters. The molecule has 5 heteroatoms. The fraction of sp³-hybridized carbons (Fsp3) is 0.562. The van der Waals surface area contributed by atoms with E-state index in [1.165, 1.54) is 0 Å². The predicted molar refractivity (Wildman–Crippen MR) is 87.2 cm³/mol. The first kappa shape index (κ1) is 16.1. The van der Waals surface area contributed by atoms with E-state index in [4.69, 9.17) is 9.47 Å². The summed E-state index contributed by atoms with van der Waals surface area (Å²) in [6, 6.07) is 4.01. The Kier molecular flexibility index (Phi) is 4.51. The second-order valence-electron chi connectivity index (χ2n) is 6.35. The van der Waals surface area contributed by atoms with Gasteiger partial charge in [0.2, 0.25) is 0 Å². The number of carbonyl (C=O) groups is 1. The number of halogens is 1. The SMILES string of the molecule is COc1cc(Br)cc2c1N(C(=O)OC(C)(C)C)C(C)CC2. The maximum absolute atomic E-state index is 12.6. The second kappa shape index (κ2) is 5.87. The zero-order chi connectivity index (χ0) is 15.8. The number of ether oxygens (including phenoxy) is 2. The van der Waals surface area contributed by atoms with Crippen LogP contribution in [-0.4, -0.2) is 24.8 Å². The van der Waals surface area contributed by atoms with Crippen LogP contribution in [0.25, 0.3) is 0 Å². The Bertz CT molecular complexity index is 534. The minimum atomic E-state index is -0.517. The summed E-state index contributed by atoms with van der Waals surface area (Å²) in [6.45, 7) is 7.66. The lowest BCUT2D eigenvalue weighted by Crippen LogP contribution is -2.45. The van der Waals surface area contributed by atoms with Crippen molar-refractivity contribution in [2.75, 3.05) is 12.0 Å². The van der Waals surface area contributed by atoms with Crippen LogP contribution in [0.2, 0.25) is 0 Å². The molecule has 1 heterocycles. The largest absolute Gasteiger partial charge is 0.495 e. The van der Waals surface area contributed by atoms with Crippen LogP contribution in [-0.2, 0) is 11.2 Å². The minimum absolute atomic E-state index is 0.0856. The van der Waals surface area contributed by atoms with E-state index < -0.39 is 5.60 Å². The molecule has 1 amide bonds. The number of benzene rings is 1. The lowest BCUT2D eigenvalue weighted by atomic mass is 9.96. The Morgan fingerprint density at radius 3 is 2.62 bits per heavy atom. The number of anilines is 1. The van der Waals surface area contributed by atoms with Gasteiger partial charge in [0, 0.05) is 10.5 Å². The van der Waals surface area contributed by atoms with Gasteiger partial charge < -0.3 is 9.47 Å². The van der Waals surface area contributed by atoms with Gasteiger partial charge in [0.15, 0.2) is 0 Å². The van der Waals surface area contributed by atoms with Gasteiger partial charge in [-0.15, -0.1) is 0 Å². The van der Waals surface area contributed by atoms with Crippen molar-refractivity contribution in [1.29, 1.82) is 0 Å². The van der Waals surface area contributed by atoms with Crippen LogP contribution in [0.15, 0.2) is 16.6 Å². The van der Waals surface area contributed by atoms with Crippen LogP contribution < -0.4 is 9.64 Å². The fourth-order valence-electron chi connectivity index (χ4n) is 2.54. The number of methoxy groups -OCH3 is 1. The van der Waals surface area contributed by atoms with E-state index >= 15 is 0 Å². The van der Waals surface area contributed by atoms with Crippen LogP contribution in [0, 0.1) is 0 Å². The fourth-order valence-corrected chi connectivity index (χ4v) is 3.03. The van der Waals surface area contributed by atoms with Gasteiger partial charge in [-0.1, -0.05) is 15.9 Å². The highest BCUT2D eigenvalue weighted by molar-refractivity contribution is 9.10. The second-order valence-corrected chi connectivity index (χ2v) is 7.27. The van der Waals surface area contributed by atoms with Gasteiger partial charge in [-0.2, -0.15) is 0 Å². The predicted octanol–water partition coefficient (Wildman–Crippen LogP) is 4.53. The molecule has 1 unspecified atom stereocenters. The van der Waals surface area contributed by atoms with E-state index in [1.54, 1.807) is 12.0 Å². The van der Waals surface area contributed by atoms with Crippen LogP contribution >= 0.6 is 15.9 Å². The van der Waals surface area contributed by atoms with Crippen molar-refractivity contribution in [2.45, 2.75) is 52.2 Å². The highest BCUT2D eigenvalue weighted by Crippen LogP contribution is 2.41. The van der Waals surface area contributed by atoms with Crippen molar-refractivity contribution in [3.8, 4) is 5.75 Å². The molecule has 4 nitrogen and oxygen atoms in total. The number of hydrogen-bond donors (Lipinski definition) is 0. The Balaban J connectivity index is 2.47. The molecule has 1 aliphatic heterocycles. The standard InChI is InChI=1S/C16H22BrNO3/c1-10-6-7-11-8-12(17)9-13(20-5)14(11)18(10)15(19)21-16(2,3)4/h8-10H,6-7H2,1-5H3. The molecule has 21 heavy (non-hydrogen) atoms. The number of carbonyl (C=O) groups excluding carboxylic acids is 1. The van der Waals surface area contributed by atoms with E-state index in [9.17, 15) is 4.79 Å². The maximum atomic E-state index is 12.6. The molecule has 0 spiro atoms. The van der Waals surface area contributed by atoms with E-state index in [-0.39, 0.29) is 12.1 Å². The molecule has 1 aliphatic rings. The number of nitrogens with zero attached hydrogens (tertiary/aromatic N) is 1. The van der Waals surface area contributed by atoms with Gasteiger partial charge in [-0.3, -0.25) is 4.90 Å². The molecule has 0 radical (unpaired) electrons. The maximum Gasteiger partial charge on any atom is 0.415 e. The number of rotatable bonds is 1. The van der Waals surface area contributed by atoms with Gasteiger partial charge in [-0.25, -0.2) is 4.79 Å². The lowest BCUT2D eigenvalue weighted by molar-refractivity contribution is 0.0562. The summed E-state index contributed by atoms with van der Waals surface area (Å²) >= 11 is 3.49. The Morgan fingerprint density at radius 1 is 1.38 bits per heavy atom. The van der Waals surface area contributed by atoms with Crippen LogP contribution in [0.4, 0.5) is 10.5 Å². The summed E-state index contributed by atoms with van der Waals surface area (Å²) in [6.07, 6.45) is 1.51. The zero-order valence-corrected chi connectivity index (χ0v) is 14.8. The van der Waals surface area contributed by atoms with Gasteiger partial charge in [0.05, 0.1) is 12.8 Å². The summed E-state index contributed by atoms with van der Waals surface area (Å²) in [5.74, 6) is 0.691. The molecule has 1 aromatic rings. The molecule has 116 valence electrons. The number of fused-ring (bicyclic) bond motifs is 1. The molecule has 0 N–H and O–H groups in total. The van der Waals surface area contributed by atoms with Crippen molar-refractivity contribution in [3.63, 3.8) is 0 Å².